The average molecular weight is 211 g/mol. The molecule has 0 fully saturated rings. The molecule has 0 aromatic carbocycles. The van der Waals surface area contributed by atoms with Crippen LogP contribution in [0.15, 0.2) is 10.9 Å². The third-order valence-corrected chi connectivity index (χ3v) is 1.92. The number of hydrogen-bond donors (Lipinski definition) is 2. The summed E-state index contributed by atoms with van der Waals surface area (Å²) in [6.07, 6.45) is 0.682. The molecule has 0 aliphatic rings. The lowest BCUT2D eigenvalue weighted by Gasteiger charge is -2.13. The van der Waals surface area contributed by atoms with Gasteiger partial charge < -0.3 is 15.0 Å². The Hall–Kier alpha value is -1.36. The molecule has 0 bridgehead atoms. The summed E-state index contributed by atoms with van der Waals surface area (Å²) >= 11 is 0. The van der Waals surface area contributed by atoms with Crippen LogP contribution in [0, 0.1) is 0 Å². The van der Waals surface area contributed by atoms with Crippen molar-refractivity contribution in [3.8, 4) is 5.88 Å². The number of ether oxygens (including phenoxy) is 1. The second-order valence-corrected chi connectivity index (χ2v) is 3.37. The molecule has 5 nitrogen and oxygen atoms in total. The zero-order valence-electron chi connectivity index (χ0n) is 9.33. The van der Waals surface area contributed by atoms with Gasteiger partial charge in [-0.1, -0.05) is 6.92 Å². The first-order valence-corrected chi connectivity index (χ1v) is 5.07. The Labute approximate surface area is 88.9 Å². The number of nitrogens with zero attached hydrogens (tertiary/aromatic N) is 1. The van der Waals surface area contributed by atoms with Gasteiger partial charge in [0.25, 0.3) is 5.56 Å². The quantitative estimate of drug-likeness (QED) is 0.736. The van der Waals surface area contributed by atoms with E-state index in [-0.39, 0.29) is 11.7 Å². The first kappa shape index (κ1) is 11.7. The van der Waals surface area contributed by atoms with E-state index in [0.29, 0.717) is 18.1 Å². The molecule has 0 radical (unpaired) electrons. The Balaban J connectivity index is 2.76. The van der Waals surface area contributed by atoms with Crippen LogP contribution in [0.1, 0.15) is 19.7 Å². The standard InChI is InChI=1S/C10H17N3O2/c1-4-8-12-9(14)5-10(13-8)15-7(2)6-11-3/h5,7,11H,4,6H2,1-3H3,(H,12,13,14). The molecular formula is C10H17N3O2. The van der Waals surface area contributed by atoms with Crippen LogP contribution in [-0.2, 0) is 6.42 Å². The van der Waals surface area contributed by atoms with Crippen molar-refractivity contribution in [1.82, 2.24) is 15.3 Å². The van der Waals surface area contributed by atoms with Crippen molar-refractivity contribution in [2.24, 2.45) is 0 Å². The van der Waals surface area contributed by atoms with Crippen LogP contribution in [0.4, 0.5) is 0 Å². The Bertz CT molecular complexity index is 362. The molecule has 0 amide bonds. The van der Waals surface area contributed by atoms with Crippen molar-refractivity contribution in [2.45, 2.75) is 26.4 Å². The van der Waals surface area contributed by atoms with Crippen LogP contribution >= 0.6 is 0 Å². The normalized spacial score (nSPS) is 12.5. The van der Waals surface area contributed by atoms with Gasteiger partial charge in [0.1, 0.15) is 11.9 Å². The Kier molecular flexibility index (Phi) is 4.30. The third kappa shape index (κ3) is 3.71. The molecule has 0 spiro atoms. The van der Waals surface area contributed by atoms with E-state index in [4.69, 9.17) is 4.74 Å². The number of aryl methyl sites for hydroxylation is 1. The first-order valence-electron chi connectivity index (χ1n) is 5.07. The molecule has 1 aromatic rings. The number of aromatic amines is 1. The molecule has 5 heteroatoms. The summed E-state index contributed by atoms with van der Waals surface area (Å²) < 4.78 is 5.48. The summed E-state index contributed by atoms with van der Waals surface area (Å²) in [6, 6.07) is 1.37. The van der Waals surface area contributed by atoms with Crippen LogP contribution in [0.2, 0.25) is 0 Å². The maximum absolute atomic E-state index is 11.2. The Morgan fingerprint density at radius 2 is 2.40 bits per heavy atom. The first-order chi connectivity index (χ1) is 7.15. The van der Waals surface area contributed by atoms with Crippen LogP contribution in [0.3, 0.4) is 0 Å². The second-order valence-electron chi connectivity index (χ2n) is 3.37. The molecule has 1 unspecified atom stereocenters. The molecule has 0 aliphatic carbocycles. The van der Waals surface area contributed by atoms with Crippen molar-refractivity contribution in [3.63, 3.8) is 0 Å². The van der Waals surface area contributed by atoms with E-state index in [1.807, 2.05) is 20.9 Å². The van der Waals surface area contributed by atoms with Gasteiger partial charge in [0, 0.05) is 13.0 Å². The molecule has 2 N–H and O–H groups in total. The van der Waals surface area contributed by atoms with Gasteiger partial charge in [0.15, 0.2) is 0 Å². The van der Waals surface area contributed by atoms with E-state index >= 15 is 0 Å². The predicted octanol–water partition coefficient (Wildman–Crippen LogP) is 0.319. The van der Waals surface area contributed by atoms with Gasteiger partial charge in [-0.05, 0) is 14.0 Å². The van der Waals surface area contributed by atoms with Crippen molar-refractivity contribution >= 4 is 0 Å². The lowest BCUT2D eigenvalue weighted by atomic mass is 10.4. The van der Waals surface area contributed by atoms with Gasteiger partial charge in [-0.2, -0.15) is 0 Å². The molecule has 1 rings (SSSR count). The minimum Gasteiger partial charge on any atom is -0.473 e. The average Bonchev–Trinajstić information content (AvgIpc) is 2.17. The van der Waals surface area contributed by atoms with E-state index < -0.39 is 0 Å². The fourth-order valence-corrected chi connectivity index (χ4v) is 1.25. The molecule has 0 saturated carbocycles. The van der Waals surface area contributed by atoms with E-state index in [1.165, 1.54) is 6.07 Å². The molecule has 15 heavy (non-hydrogen) atoms. The highest BCUT2D eigenvalue weighted by molar-refractivity contribution is 5.09. The zero-order chi connectivity index (χ0) is 11.3. The number of hydrogen-bond acceptors (Lipinski definition) is 4. The SMILES string of the molecule is CCc1nc(OC(C)CNC)cc(=O)[nH]1. The number of nitrogens with one attached hydrogen (secondary N) is 2. The lowest BCUT2D eigenvalue weighted by molar-refractivity contribution is 0.210. The number of rotatable bonds is 5. The van der Waals surface area contributed by atoms with Gasteiger partial charge >= 0.3 is 0 Å². The van der Waals surface area contributed by atoms with E-state index in [0.717, 1.165) is 6.54 Å². The minimum atomic E-state index is -0.173. The molecule has 0 saturated heterocycles. The van der Waals surface area contributed by atoms with Gasteiger partial charge in [0.2, 0.25) is 5.88 Å². The van der Waals surface area contributed by atoms with Crippen molar-refractivity contribution in [2.75, 3.05) is 13.6 Å². The number of likely N-dealkylation sites (N-methyl/N-ethyl adjacent to an activating group) is 1. The monoisotopic (exact) mass is 211 g/mol. The Morgan fingerprint density at radius 1 is 1.67 bits per heavy atom. The smallest absolute Gasteiger partial charge is 0.254 e. The van der Waals surface area contributed by atoms with E-state index in [9.17, 15) is 4.79 Å². The van der Waals surface area contributed by atoms with Crippen LogP contribution < -0.4 is 15.6 Å². The van der Waals surface area contributed by atoms with Gasteiger partial charge in [-0.3, -0.25) is 4.79 Å². The highest BCUT2D eigenvalue weighted by Gasteiger charge is 2.05. The zero-order valence-corrected chi connectivity index (χ0v) is 9.33. The largest absolute Gasteiger partial charge is 0.473 e. The molecular weight excluding hydrogens is 194 g/mol. The maximum atomic E-state index is 11.2. The highest BCUT2D eigenvalue weighted by atomic mass is 16.5. The molecule has 0 aliphatic heterocycles. The molecule has 1 atom stereocenters. The molecule has 1 heterocycles. The molecule has 84 valence electrons. The second kappa shape index (κ2) is 5.50. The maximum Gasteiger partial charge on any atom is 0.254 e. The van der Waals surface area contributed by atoms with Gasteiger partial charge in [-0.25, -0.2) is 4.98 Å². The summed E-state index contributed by atoms with van der Waals surface area (Å²) in [5.41, 5.74) is -0.173. The van der Waals surface area contributed by atoms with Crippen molar-refractivity contribution < 1.29 is 4.74 Å². The summed E-state index contributed by atoms with van der Waals surface area (Å²) in [5.74, 6) is 1.03. The highest BCUT2D eigenvalue weighted by Crippen LogP contribution is 2.05. The summed E-state index contributed by atoms with van der Waals surface area (Å²) in [6.45, 7) is 4.57. The Morgan fingerprint density at radius 3 is 3.00 bits per heavy atom. The van der Waals surface area contributed by atoms with Gasteiger partial charge in [-0.15, -0.1) is 0 Å². The number of H-pyrrole nitrogens is 1. The fourth-order valence-electron chi connectivity index (χ4n) is 1.25. The van der Waals surface area contributed by atoms with Crippen molar-refractivity contribution in [3.05, 3.63) is 22.2 Å². The van der Waals surface area contributed by atoms with Crippen LogP contribution in [0.5, 0.6) is 5.88 Å². The van der Waals surface area contributed by atoms with Gasteiger partial charge in [0.05, 0.1) is 6.07 Å². The van der Waals surface area contributed by atoms with Crippen LogP contribution in [0.25, 0.3) is 0 Å². The van der Waals surface area contributed by atoms with E-state index in [2.05, 4.69) is 15.3 Å². The van der Waals surface area contributed by atoms with Crippen molar-refractivity contribution in [1.29, 1.82) is 0 Å². The summed E-state index contributed by atoms with van der Waals surface area (Å²) in [5, 5.41) is 2.99. The predicted molar refractivity (Wildman–Crippen MR) is 58.3 cm³/mol. The molecule has 1 aromatic heterocycles. The number of aromatic nitrogens is 2. The third-order valence-electron chi connectivity index (χ3n) is 1.92. The topological polar surface area (TPSA) is 67.0 Å². The fraction of sp³-hybridized carbons (Fsp3) is 0.600. The lowest BCUT2D eigenvalue weighted by Crippen LogP contribution is -2.27. The summed E-state index contributed by atoms with van der Waals surface area (Å²) in [4.78, 5) is 18.0. The van der Waals surface area contributed by atoms with Crippen LogP contribution in [-0.4, -0.2) is 29.7 Å². The minimum absolute atomic E-state index is 0.00555. The summed E-state index contributed by atoms with van der Waals surface area (Å²) in [7, 11) is 1.85. The van der Waals surface area contributed by atoms with E-state index in [1.54, 1.807) is 0 Å².